The first-order valence-corrected chi connectivity index (χ1v) is 11.7. The van der Waals surface area contributed by atoms with Gasteiger partial charge in [0.15, 0.2) is 5.78 Å². The van der Waals surface area contributed by atoms with Crippen molar-refractivity contribution in [2.45, 2.75) is 25.3 Å². The van der Waals surface area contributed by atoms with Crippen molar-refractivity contribution >= 4 is 34.0 Å². The van der Waals surface area contributed by atoms with Crippen LogP contribution in [0, 0.1) is 0 Å². The lowest BCUT2D eigenvalue weighted by Crippen LogP contribution is -2.32. The maximum atomic E-state index is 13.8. The summed E-state index contributed by atoms with van der Waals surface area (Å²) in [6.45, 7) is 0.738. The topological polar surface area (TPSA) is 68.1 Å². The number of para-hydroxylation sites is 1. The van der Waals surface area contributed by atoms with Gasteiger partial charge < -0.3 is 4.90 Å². The van der Waals surface area contributed by atoms with Crippen LogP contribution in [0.25, 0.3) is 16.5 Å². The molecule has 0 spiro atoms. The monoisotopic (exact) mass is 468 g/mol. The molecule has 2 aromatic carbocycles. The quantitative estimate of drug-likeness (QED) is 0.420. The summed E-state index contributed by atoms with van der Waals surface area (Å²) in [6, 6.07) is 17.1. The van der Waals surface area contributed by atoms with Crippen molar-refractivity contribution < 1.29 is 4.79 Å². The lowest BCUT2D eigenvalue weighted by atomic mass is 10.00. The number of carbonyl (C=O) groups is 1. The van der Waals surface area contributed by atoms with E-state index in [1.165, 1.54) is 6.33 Å². The van der Waals surface area contributed by atoms with Gasteiger partial charge in [-0.15, -0.1) is 0 Å². The molecule has 168 valence electrons. The molecule has 4 aromatic rings. The number of ketones is 1. The maximum absolute atomic E-state index is 13.8. The molecule has 1 aliphatic heterocycles. The number of benzene rings is 2. The molecule has 6 rings (SSSR count). The number of hydrogen-bond acceptors (Lipinski definition) is 5. The van der Waals surface area contributed by atoms with Crippen LogP contribution in [0.2, 0.25) is 5.02 Å². The summed E-state index contributed by atoms with van der Waals surface area (Å²) < 4.78 is 1.76. The van der Waals surface area contributed by atoms with Crippen molar-refractivity contribution in [2.24, 2.45) is 0 Å². The molecular weight excluding hydrogens is 448 g/mol. The Bertz CT molecular complexity index is 1530. The zero-order valence-corrected chi connectivity index (χ0v) is 19.1. The Morgan fingerprint density at radius 3 is 2.71 bits per heavy atom. The van der Waals surface area contributed by atoms with Gasteiger partial charge in [-0.3, -0.25) is 14.2 Å². The summed E-state index contributed by atoms with van der Waals surface area (Å²) in [4.78, 5) is 37.7. The van der Waals surface area contributed by atoms with Gasteiger partial charge in [-0.2, -0.15) is 0 Å². The SMILES string of the molecule is O=C1C=CCc2ncnc(N3CCCC3c3cc4cccc(Cl)c4c(=O)n3-c3ccccc3)c21. The standard InChI is InChI=1S/C27H21ClN4O2/c28-19-10-4-7-17-15-22(32(27(34)24(17)19)18-8-2-1-3-9-18)21-12-6-14-31(21)26-25-20(29-16-30-26)11-5-13-23(25)33/h1-5,7-10,13,15-16,21H,6,11-12,14H2. The average molecular weight is 469 g/mol. The molecule has 0 radical (unpaired) electrons. The predicted octanol–water partition coefficient (Wildman–Crippen LogP) is 5.07. The molecule has 1 fully saturated rings. The van der Waals surface area contributed by atoms with Gasteiger partial charge in [-0.25, -0.2) is 9.97 Å². The molecule has 0 amide bonds. The molecule has 0 N–H and O–H groups in total. The van der Waals surface area contributed by atoms with E-state index in [1.54, 1.807) is 16.7 Å². The van der Waals surface area contributed by atoms with Gasteiger partial charge >= 0.3 is 0 Å². The number of pyridine rings is 1. The van der Waals surface area contributed by atoms with Crippen molar-refractivity contribution in [3.8, 4) is 5.69 Å². The Kier molecular flexibility index (Phi) is 5.03. The lowest BCUT2D eigenvalue weighted by molar-refractivity contribution is 0.104. The summed E-state index contributed by atoms with van der Waals surface area (Å²) >= 11 is 6.47. The normalized spacial score (nSPS) is 17.4. The third-order valence-electron chi connectivity index (χ3n) is 6.64. The largest absolute Gasteiger partial charge is 0.347 e. The molecule has 6 nitrogen and oxygen atoms in total. The average Bonchev–Trinajstić information content (AvgIpc) is 3.34. The van der Waals surface area contributed by atoms with Gasteiger partial charge in [0.1, 0.15) is 12.1 Å². The van der Waals surface area contributed by atoms with Crippen molar-refractivity contribution in [1.29, 1.82) is 0 Å². The maximum Gasteiger partial charge on any atom is 0.264 e. The van der Waals surface area contributed by atoms with Crippen molar-refractivity contribution in [3.05, 3.63) is 105 Å². The Morgan fingerprint density at radius 2 is 1.85 bits per heavy atom. The second-order valence-electron chi connectivity index (χ2n) is 8.59. The van der Waals surface area contributed by atoms with Gasteiger partial charge in [0, 0.05) is 24.3 Å². The van der Waals surface area contributed by atoms with Gasteiger partial charge in [-0.05, 0) is 48.6 Å². The molecule has 0 bridgehead atoms. The first-order valence-electron chi connectivity index (χ1n) is 11.3. The van der Waals surface area contributed by atoms with Crippen LogP contribution in [-0.4, -0.2) is 26.9 Å². The van der Waals surface area contributed by atoms with Gasteiger partial charge in [0.05, 0.1) is 27.7 Å². The smallest absolute Gasteiger partial charge is 0.264 e. The number of aromatic nitrogens is 3. The minimum atomic E-state index is -0.153. The van der Waals surface area contributed by atoms with Crippen LogP contribution in [0.5, 0.6) is 0 Å². The molecule has 3 heterocycles. The van der Waals surface area contributed by atoms with Crippen LogP contribution in [0.1, 0.15) is 40.6 Å². The number of rotatable bonds is 3. The molecule has 7 heteroatoms. The highest BCUT2D eigenvalue weighted by Crippen LogP contribution is 2.39. The number of anilines is 1. The highest BCUT2D eigenvalue weighted by molar-refractivity contribution is 6.35. The molecular formula is C27H21ClN4O2. The second kappa shape index (κ2) is 8.22. The third-order valence-corrected chi connectivity index (χ3v) is 6.95. The zero-order valence-electron chi connectivity index (χ0n) is 18.3. The number of carbonyl (C=O) groups excluding carboxylic acids is 1. The van der Waals surface area contributed by atoms with Gasteiger partial charge in [0.2, 0.25) is 0 Å². The zero-order chi connectivity index (χ0) is 23.2. The fourth-order valence-corrected chi connectivity index (χ4v) is 5.42. The van der Waals surface area contributed by atoms with Gasteiger partial charge in [-0.1, -0.05) is 48.0 Å². The molecule has 2 aromatic heterocycles. The number of nitrogens with zero attached hydrogens (tertiary/aromatic N) is 4. The van der Waals surface area contributed by atoms with E-state index in [-0.39, 0.29) is 17.4 Å². The summed E-state index contributed by atoms with van der Waals surface area (Å²) in [6.07, 6.45) is 7.32. The third kappa shape index (κ3) is 3.25. The summed E-state index contributed by atoms with van der Waals surface area (Å²) in [5.74, 6) is 0.563. The lowest BCUT2D eigenvalue weighted by Gasteiger charge is -2.30. The van der Waals surface area contributed by atoms with Crippen LogP contribution in [0.3, 0.4) is 0 Å². The van der Waals surface area contributed by atoms with E-state index in [9.17, 15) is 9.59 Å². The fourth-order valence-electron chi connectivity index (χ4n) is 5.15. The molecule has 0 saturated carbocycles. The molecule has 1 aliphatic carbocycles. The van der Waals surface area contributed by atoms with Crippen molar-refractivity contribution in [2.75, 3.05) is 11.4 Å². The minimum Gasteiger partial charge on any atom is -0.347 e. The molecule has 34 heavy (non-hydrogen) atoms. The van der Waals surface area contributed by atoms with E-state index in [0.29, 0.717) is 28.2 Å². The number of allylic oxidation sites excluding steroid dienone is 2. The highest BCUT2D eigenvalue weighted by Gasteiger charge is 2.34. The second-order valence-corrected chi connectivity index (χ2v) is 9.00. The molecule has 2 aliphatic rings. The summed E-state index contributed by atoms with van der Waals surface area (Å²) in [5.41, 5.74) is 2.79. The molecule has 1 saturated heterocycles. The molecule has 1 unspecified atom stereocenters. The van der Waals surface area contributed by atoms with Crippen LogP contribution < -0.4 is 10.5 Å². The van der Waals surface area contributed by atoms with Crippen LogP contribution in [0.4, 0.5) is 5.82 Å². The van der Waals surface area contributed by atoms with E-state index in [0.717, 1.165) is 41.8 Å². The van der Waals surface area contributed by atoms with Crippen molar-refractivity contribution in [1.82, 2.24) is 14.5 Å². The fraction of sp³-hybridized carbons (Fsp3) is 0.185. The summed E-state index contributed by atoms with van der Waals surface area (Å²) in [7, 11) is 0. The van der Waals surface area contributed by atoms with Crippen LogP contribution >= 0.6 is 11.6 Å². The number of hydrogen-bond donors (Lipinski definition) is 0. The van der Waals surface area contributed by atoms with Crippen LogP contribution in [0.15, 0.2) is 77.9 Å². The highest BCUT2D eigenvalue weighted by atomic mass is 35.5. The van der Waals surface area contributed by atoms with E-state index < -0.39 is 0 Å². The Morgan fingerprint density at radius 1 is 1.00 bits per heavy atom. The Balaban J connectivity index is 1.59. The molecule has 1 atom stereocenters. The minimum absolute atomic E-state index is 0.0757. The van der Waals surface area contributed by atoms with Crippen LogP contribution in [-0.2, 0) is 6.42 Å². The Hall–Kier alpha value is -3.77. The van der Waals surface area contributed by atoms with E-state index in [4.69, 9.17) is 11.6 Å². The van der Waals surface area contributed by atoms with Gasteiger partial charge in [0.25, 0.3) is 5.56 Å². The summed E-state index contributed by atoms with van der Waals surface area (Å²) in [5, 5.41) is 1.74. The van der Waals surface area contributed by atoms with E-state index >= 15 is 0 Å². The predicted molar refractivity (Wildman–Crippen MR) is 133 cm³/mol. The first-order chi connectivity index (χ1) is 16.6. The number of halogens is 1. The van der Waals surface area contributed by atoms with Crippen molar-refractivity contribution in [3.63, 3.8) is 0 Å². The van der Waals surface area contributed by atoms with E-state index in [1.807, 2.05) is 54.6 Å². The Labute approximate surface area is 201 Å². The number of fused-ring (bicyclic) bond motifs is 2. The van der Waals surface area contributed by atoms with E-state index in [2.05, 4.69) is 14.9 Å². The first kappa shape index (κ1) is 20.8.